The van der Waals surface area contributed by atoms with E-state index in [1.54, 1.807) is 16.4 Å². The summed E-state index contributed by atoms with van der Waals surface area (Å²) < 4.78 is 1.70. The van der Waals surface area contributed by atoms with Gasteiger partial charge >= 0.3 is 11.8 Å². The van der Waals surface area contributed by atoms with Gasteiger partial charge in [-0.3, -0.25) is 9.59 Å². The molecule has 6 nitrogen and oxygen atoms in total. The Balaban J connectivity index is 1.89. The molecule has 1 aromatic carbocycles. The van der Waals surface area contributed by atoms with Gasteiger partial charge in [0.1, 0.15) is 5.82 Å². The molecule has 2 amide bonds. The monoisotopic (exact) mass is 330 g/mol. The van der Waals surface area contributed by atoms with Crippen molar-refractivity contribution in [3.8, 4) is 5.69 Å². The van der Waals surface area contributed by atoms with Gasteiger partial charge in [0, 0.05) is 23.6 Å². The number of para-hydroxylation sites is 1. The van der Waals surface area contributed by atoms with Crippen molar-refractivity contribution in [2.75, 3.05) is 11.9 Å². The van der Waals surface area contributed by atoms with Gasteiger partial charge in [-0.2, -0.15) is 16.9 Å². The molecule has 1 aromatic heterocycles. The number of carbonyl (C=O) groups is 2. The molecule has 3 rings (SSSR count). The van der Waals surface area contributed by atoms with Crippen LogP contribution in [0.5, 0.6) is 0 Å². The summed E-state index contributed by atoms with van der Waals surface area (Å²) in [6.45, 7) is 2.42. The maximum atomic E-state index is 12.1. The lowest BCUT2D eigenvalue weighted by Gasteiger charge is -2.10. The van der Waals surface area contributed by atoms with Crippen LogP contribution < -0.4 is 10.6 Å². The molecule has 23 heavy (non-hydrogen) atoms. The van der Waals surface area contributed by atoms with E-state index in [-0.39, 0.29) is 0 Å². The first kappa shape index (κ1) is 15.6. The van der Waals surface area contributed by atoms with E-state index in [9.17, 15) is 9.59 Å². The average molecular weight is 330 g/mol. The minimum atomic E-state index is -0.657. The number of rotatable bonds is 4. The molecule has 0 atom stereocenters. The highest BCUT2D eigenvalue weighted by Crippen LogP contribution is 2.35. The standard InChI is InChI=1S/C16H18N4O2S/c1-2-8-17-15(21)16(22)18-14-12-9-23-10-13(12)19-20(14)11-6-4-3-5-7-11/h3-7H,2,8-10H2,1H3,(H,17,21)(H,18,22). The minimum absolute atomic E-state index is 0.484. The van der Waals surface area contributed by atoms with Crippen molar-refractivity contribution in [3.05, 3.63) is 41.6 Å². The molecule has 0 bridgehead atoms. The SMILES string of the molecule is CCCNC(=O)C(=O)Nc1c2c(nn1-c1ccccc1)CSC2. The molecule has 0 saturated heterocycles. The summed E-state index contributed by atoms with van der Waals surface area (Å²) in [5, 5.41) is 9.90. The van der Waals surface area contributed by atoms with Gasteiger partial charge in [0.2, 0.25) is 0 Å². The number of nitrogens with zero attached hydrogens (tertiary/aromatic N) is 2. The maximum absolute atomic E-state index is 12.1. The summed E-state index contributed by atoms with van der Waals surface area (Å²) in [6.07, 6.45) is 0.785. The summed E-state index contributed by atoms with van der Waals surface area (Å²) in [5.41, 5.74) is 2.81. The number of nitrogens with one attached hydrogen (secondary N) is 2. The zero-order valence-electron chi connectivity index (χ0n) is 12.8. The van der Waals surface area contributed by atoms with Crippen LogP contribution in [0.4, 0.5) is 5.82 Å². The third kappa shape index (κ3) is 3.24. The number of carbonyl (C=O) groups excluding carboxylic acids is 2. The van der Waals surface area contributed by atoms with Crippen LogP contribution in [-0.4, -0.2) is 28.1 Å². The van der Waals surface area contributed by atoms with Crippen molar-refractivity contribution in [2.24, 2.45) is 0 Å². The predicted molar refractivity (Wildman–Crippen MR) is 90.5 cm³/mol. The molecule has 0 unspecified atom stereocenters. The van der Waals surface area contributed by atoms with E-state index in [2.05, 4.69) is 15.7 Å². The lowest BCUT2D eigenvalue weighted by molar-refractivity contribution is -0.136. The molecule has 0 fully saturated rings. The number of anilines is 1. The molecule has 1 aliphatic rings. The molecule has 0 radical (unpaired) electrons. The Kier molecular flexibility index (Phi) is 4.66. The molecule has 0 saturated carbocycles. The predicted octanol–water partition coefficient (Wildman–Crippen LogP) is 2.08. The molecule has 2 heterocycles. The van der Waals surface area contributed by atoms with Gasteiger partial charge in [0.15, 0.2) is 0 Å². The molecule has 2 aromatic rings. The zero-order valence-corrected chi connectivity index (χ0v) is 13.7. The third-order valence-corrected chi connectivity index (χ3v) is 4.50. The van der Waals surface area contributed by atoms with E-state index in [0.29, 0.717) is 12.4 Å². The van der Waals surface area contributed by atoms with Gasteiger partial charge in [-0.25, -0.2) is 4.68 Å². The fourth-order valence-corrected chi connectivity index (χ4v) is 3.42. The van der Waals surface area contributed by atoms with Gasteiger partial charge < -0.3 is 10.6 Å². The summed E-state index contributed by atoms with van der Waals surface area (Å²) in [7, 11) is 0. The quantitative estimate of drug-likeness (QED) is 0.842. The fraction of sp³-hybridized carbons (Fsp3) is 0.312. The third-order valence-electron chi connectivity index (χ3n) is 3.53. The van der Waals surface area contributed by atoms with Crippen LogP contribution in [0.25, 0.3) is 5.69 Å². The molecule has 120 valence electrons. The van der Waals surface area contributed by atoms with Crippen LogP contribution in [-0.2, 0) is 21.1 Å². The number of thioether (sulfide) groups is 1. The zero-order chi connectivity index (χ0) is 16.2. The normalized spacial score (nSPS) is 12.7. The Morgan fingerprint density at radius 3 is 2.74 bits per heavy atom. The minimum Gasteiger partial charge on any atom is -0.348 e. The van der Waals surface area contributed by atoms with Crippen molar-refractivity contribution in [2.45, 2.75) is 24.9 Å². The molecule has 0 spiro atoms. The van der Waals surface area contributed by atoms with Crippen LogP contribution in [0.3, 0.4) is 0 Å². The van der Waals surface area contributed by atoms with Crippen LogP contribution in [0.15, 0.2) is 30.3 Å². The number of benzene rings is 1. The van der Waals surface area contributed by atoms with E-state index in [1.807, 2.05) is 37.3 Å². The second-order valence-electron chi connectivity index (χ2n) is 5.22. The molecule has 2 N–H and O–H groups in total. The summed E-state index contributed by atoms with van der Waals surface area (Å²) >= 11 is 1.75. The highest BCUT2D eigenvalue weighted by atomic mass is 32.2. The topological polar surface area (TPSA) is 76.0 Å². The van der Waals surface area contributed by atoms with Crippen LogP contribution in [0.2, 0.25) is 0 Å². The van der Waals surface area contributed by atoms with E-state index < -0.39 is 11.8 Å². The van der Waals surface area contributed by atoms with E-state index in [4.69, 9.17) is 0 Å². The van der Waals surface area contributed by atoms with Crippen molar-refractivity contribution in [3.63, 3.8) is 0 Å². The molecular formula is C16H18N4O2S. The smallest absolute Gasteiger partial charge is 0.314 e. The van der Waals surface area contributed by atoms with Crippen molar-refractivity contribution in [1.29, 1.82) is 0 Å². The Morgan fingerprint density at radius 2 is 2.00 bits per heavy atom. The number of hydrogen-bond acceptors (Lipinski definition) is 4. The Hall–Kier alpha value is -2.28. The number of hydrogen-bond donors (Lipinski definition) is 2. The van der Waals surface area contributed by atoms with Crippen LogP contribution in [0.1, 0.15) is 24.6 Å². The largest absolute Gasteiger partial charge is 0.348 e. The first-order valence-electron chi connectivity index (χ1n) is 7.53. The van der Waals surface area contributed by atoms with E-state index in [1.165, 1.54) is 0 Å². The Labute approximate surface area is 138 Å². The van der Waals surface area contributed by atoms with Crippen LogP contribution in [0, 0.1) is 0 Å². The number of fused-ring (bicyclic) bond motifs is 1. The van der Waals surface area contributed by atoms with Gasteiger partial charge in [-0.15, -0.1) is 0 Å². The highest BCUT2D eigenvalue weighted by Gasteiger charge is 2.26. The van der Waals surface area contributed by atoms with Crippen LogP contribution >= 0.6 is 11.8 Å². The Bertz CT molecular complexity index is 727. The summed E-state index contributed by atoms with van der Waals surface area (Å²) in [5.74, 6) is 0.921. The average Bonchev–Trinajstić information content (AvgIpc) is 3.16. The van der Waals surface area contributed by atoms with E-state index >= 15 is 0 Å². The highest BCUT2D eigenvalue weighted by molar-refractivity contribution is 7.98. The second-order valence-corrected chi connectivity index (χ2v) is 6.21. The van der Waals surface area contributed by atoms with Gasteiger partial charge in [0.05, 0.1) is 11.4 Å². The van der Waals surface area contributed by atoms with Gasteiger partial charge in [-0.1, -0.05) is 25.1 Å². The maximum Gasteiger partial charge on any atom is 0.314 e. The summed E-state index contributed by atoms with van der Waals surface area (Å²) in [4.78, 5) is 23.9. The number of aromatic nitrogens is 2. The van der Waals surface area contributed by atoms with Crippen molar-refractivity contribution < 1.29 is 9.59 Å². The Morgan fingerprint density at radius 1 is 1.22 bits per heavy atom. The van der Waals surface area contributed by atoms with Crippen molar-refractivity contribution in [1.82, 2.24) is 15.1 Å². The molecule has 7 heteroatoms. The number of amides is 2. The molecular weight excluding hydrogens is 312 g/mol. The second kappa shape index (κ2) is 6.87. The fourth-order valence-electron chi connectivity index (χ4n) is 2.38. The van der Waals surface area contributed by atoms with Crippen molar-refractivity contribution >= 4 is 29.4 Å². The van der Waals surface area contributed by atoms with E-state index in [0.717, 1.165) is 34.9 Å². The van der Waals surface area contributed by atoms with Gasteiger partial charge in [-0.05, 0) is 18.6 Å². The molecule has 0 aliphatic carbocycles. The lowest BCUT2D eigenvalue weighted by atomic mass is 10.2. The first-order valence-corrected chi connectivity index (χ1v) is 8.69. The summed E-state index contributed by atoms with van der Waals surface area (Å²) in [6, 6.07) is 9.59. The lowest BCUT2D eigenvalue weighted by Crippen LogP contribution is -2.36. The van der Waals surface area contributed by atoms with Gasteiger partial charge in [0.25, 0.3) is 0 Å². The first-order chi connectivity index (χ1) is 11.2. The molecule has 1 aliphatic heterocycles.